The van der Waals surface area contributed by atoms with Gasteiger partial charge < -0.3 is 5.32 Å². The van der Waals surface area contributed by atoms with Crippen molar-refractivity contribution in [2.45, 2.75) is 24.4 Å². The van der Waals surface area contributed by atoms with Gasteiger partial charge in [0.1, 0.15) is 5.82 Å². The molecule has 0 aliphatic rings. The fraction of sp³-hybridized carbons (Fsp3) is 0.357. The molecule has 0 aliphatic carbocycles. The van der Waals surface area contributed by atoms with Crippen molar-refractivity contribution in [1.82, 2.24) is 15.1 Å². The zero-order valence-corrected chi connectivity index (χ0v) is 13.0. The van der Waals surface area contributed by atoms with Gasteiger partial charge in [-0.3, -0.25) is 4.68 Å². The Hall–Kier alpha value is -1.04. The minimum Gasteiger partial charge on any atom is -0.311 e. The first kappa shape index (κ1) is 15.4. The molecule has 0 fully saturated rings. The van der Waals surface area contributed by atoms with Crippen LogP contribution in [-0.2, 0) is 6.54 Å². The smallest absolute Gasteiger partial charge is 0.136 e. The SMILES string of the molecule is CCn1ncc(Cl)c1C(CSc1ccccc1F)NC. The van der Waals surface area contributed by atoms with Crippen molar-refractivity contribution < 1.29 is 4.39 Å². The number of hydrogen-bond donors (Lipinski definition) is 1. The zero-order chi connectivity index (χ0) is 14.5. The third kappa shape index (κ3) is 3.34. The van der Waals surface area contributed by atoms with E-state index in [1.807, 2.05) is 24.7 Å². The predicted molar refractivity (Wildman–Crippen MR) is 81.8 cm³/mol. The first-order valence-electron chi connectivity index (χ1n) is 6.43. The van der Waals surface area contributed by atoms with Gasteiger partial charge >= 0.3 is 0 Å². The van der Waals surface area contributed by atoms with Crippen LogP contribution in [0.2, 0.25) is 5.02 Å². The molecule has 108 valence electrons. The summed E-state index contributed by atoms with van der Waals surface area (Å²) in [5.41, 5.74) is 0.945. The second-order valence-corrected chi connectivity index (χ2v) is 5.75. The first-order valence-corrected chi connectivity index (χ1v) is 7.79. The van der Waals surface area contributed by atoms with Crippen LogP contribution in [0.3, 0.4) is 0 Å². The summed E-state index contributed by atoms with van der Waals surface area (Å²) < 4.78 is 15.5. The summed E-state index contributed by atoms with van der Waals surface area (Å²) >= 11 is 7.67. The van der Waals surface area contributed by atoms with Crippen molar-refractivity contribution in [2.75, 3.05) is 12.8 Å². The molecule has 6 heteroatoms. The van der Waals surface area contributed by atoms with Gasteiger partial charge in [0.2, 0.25) is 0 Å². The Bertz CT molecular complexity index is 573. The monoisotopic (exact) mass is 313 g/mol. The number of aromatic nitrogens is 2. The largest absolute Gasteiger partial charge is 0.311 e. The maximum atomic E-state index is 13.6. The summed E-state index contributed by atoms with van der Waals surface area (Å²) in [6, 6.07) is 6.81. The molecule has 20 heavy (non-hydrogen) atoms. The number of thioether (sulfide) groups is 1. The predicted octanol–water partition coefficient (Wildman–Crippen LogP) is 3.75. The van der Waals surface area contributed by atoms with Crippen LogP contribution in [0.25, 0.3) is 0 Å². The van der Waals surface area contributed by atoms with Crippen LogP contribution >= 0.6 is 23.4 Å². The zero-order valence-electron chi connectivity index (χ0n) is 11.4. The Labute approximate surface area is 127 Å². The van der Waals surface area contributed by atoms with Crippen LogP contribution in [-0.4, -0.2) is 22.6 Å². The van der Waals surface area contributed by atoms with Crippen LogP contribution < -0.4 is 5.32 Å². The number of benzene rings is 1. The Morgan fingerprint density at radius 1 is 1.45 bits per heavy atom. The lowest BCUT2D eigenvalue weighted by molar-refractivity contribution is 0.548. The van der Waals surface area contributed by atoms with E-state index in [9.17, 15) is 4.39 Å². The van der Waals surface area contributed by atoms with E-state index in [1.54, 1.807) is 18.3 Å². The molecule has 1 aromatic heterocycles. The van der Waals surface area contributed by atoms with Crippen LogP contribution in [0.15, 0.2) is 35.4 Å². The summed E-state index contributed by atoms with van der Waals surface area (Å²) in [6.07, 6.45) is 1.65. The number of nitrogens with zero attached hydrogens (tertiary/aromatic N) is 2. The molecule has 0 aliphatic heterocycles. The number of aryl methyl sites for hydroxylation is 1. The minimum atomic E-state index is -0.192. The lowest BCUT2D eigenvalue weighted by Crippen LogP contribution is -2.22. The highest BCUT2D eigenvalue weighted by molar-refractivity contribution is 7.99. The molecule has 3 nitrogen and oxygen atoms in total. The van der Waals surface area contributed by atoms with Gasteiger partial charge in [-0.15, -0.1) is 11.8 Å². The highest BCUT2D eigenvalue weighted by atomic mass is 35.5. The van der Waals surface area contributed by atoms with Crippen LogP contribution in [0.5, 0.6) is 0 Å². The van der Waals surface area contributed by atoms with Crippen molar-refractivity contribution in [1.29, 1.82) is 0 Å². The highest BCUT2D eigenvalue weighted by Crippen LogP contribution is 2.29. The van der Waals surface area contributed by atoms with Crippen molar-refractivity contribution in [3.8, 4) is 0 Å². The highest BCUT2D eigenvalue weighted by Gasteiger charge is 2.19. The molecule has 1 unspecified atom stereocenters. The van der Waals surface area contributed by atoms with Crippen molar-refractivity contribution in [3.63, 3.8) is 0 Å². The van der Waals surface area contributed by atoms with E-state index in [0.29, 0.717) is 15.7 Å². The molecule has 1 atom stereocenters. The number of nitrogens with one attached hydrogen (secondary N) is 1. The van der Waals surface area contributed by atoms with Crippen LogP contribution in [0, 0.1) is 5.82 Å². The second-order valence-electron chi connectivity index (χ2n) is 4.28. The summed E-state index contributed by atoms with van der Waals surface area (Å²) in [7, 11) is 1.87. The van der Waals surface area contributed by atoms with E-state index in [4.69, 9.17) is 11.6 Å². The molecule has 2 rings (SSSR count). The van der Waals surface area contributed by atoms with E-state index >= 15 is 0 Å². The lowest BCUT2D eigenvalue weighted by Gasteiger charge is -2.18. The van der Waals surface area contributed by atoms with E-state index in [-0.39, 0.29) is 11.9 Å². The quantitative estimate of drug-likeness (QED) is 0.824. The normalized spacial score (nSPS) is 12.6. The molecule has 0 bridgehead atoms. The van der Waals surface area contributed by atoms with Gasteiger partial charge in [0.15, 0.2) is 0 Å². The fourth-order valence-corrected chi connectivity index (χ4v) is 3.33. The first-order chi connectivity index (χ1) is 9.67. The van der Waals surface area contributed by atoms with Gasteiger partial charge in [-0.2, -0.15) is 5.10 Å². The summed E-state index contributed by atoms with van der Waals surface area (Å²) in [5, 5.41) is 8.10. The summed E-state index contributed by atoms with van der Waals surface area (Å²) in [6.45, 7) is 2.77. The van der Waals surface area contributed by atoms with Crippen LogP contribution in [0.4, 0.5) is 4.39 Å². The molecule has 1 heterocycles. The average molecular weight is 314 g/mol. The fourth-order valence-electron chi connectivity index (χ4n) is 2.00. The van der Waals surface area contributed by atoms with Gasteiger partial charge in [-0.25, -0.2) is 4.39 Å². The summed E-state index contributed by atoms with van der Waals surface area (Å²) in [4.78, 5) is 0.645. The van der Waals surface area contributed by atoms with Gasteiger partial charge in [0.05, 0.1) is 23.0 Å². The minimum absolute atomic E-state index is 0.0227. The molecule has 0 radical (unpaired) electrons. The Balaban J connectivity index is 2.13. The lowest BCUT2D eigenvalue weighted by atomic mass is 10.2. The topological polar surface area (TPSA) is 29.9 Å². The molecule has 1 aromatic carbocycles. The Kier molecular flexibility index (Phi) is 5.46. The maximum Gasteiger partial charge on any atom is 0.136 e. The molecule has 0 amide bonds. The maximum absolute atomic E-state index is 13.6. The molecule has 2 aromatic rings. The third-order valence-electron chi connectivity index (χ3n) is 3.05. The van der Waals surface area contributed by atoms with Crippen molar-refractivity contribution in [2.24, 2.45) is 0 Å². The number of rotatable bonds is 6. The molecule has 1 N–H and O–H groups in total. The van der Waals surface area contributed by atoms with Crippen LogP contribution in [0.1, 0.15) is 18.7 Å². The molecule has 0 saturated carbocycles. The van der Waals surface area contributed by atoms with E-state index < -0.39 is 0 Å². The van der Waals surface area contributed by atoms with Gasteiger partial charge in [-0.1, -0.05) is 23.7 Å². The molecule has 0 saturated heterocycles. The van der Waals surface area contributed by atoms with Gasteiger partial charge in [0.25, 0.3) is 0 Å². The van der Waals surface area contributed by atoms with Gasteiger partial charge in [0, 0.05) is 17.2 Å². The molecular weight excluding hydrogens is 297 g/mol. The van der Waals surface area contributed by atoms with E-state index in [1.165, 1.54) is 17.8 Å². The van der Waals surface area contributed by atoms with Gasteiger partial charge in [-0.05, 0) is 26.1 Å². The van der Waals surface area contributed by atoms with Crippen molar-refractivity contribution in [3.05, 3.63) is 47.0 Å². The summed E-state index contributed by atoms with van der Waals surface area (Å²) in [5.74, 6) is 0.491. The molecule has 0 spiro atoms. The Morgan fingerprint density at radius 3 is 2.85 bits per heavy atom. The van der Waals surface area contributed by atoms with E-state index in [2.05, 4.69) is 10.4 Å². The van der Waals surface area contributed by atoms with Crippen molar-refractivity contribution >= 4 is 23.4 Å². The average Bonchev–Trinajstić information content (AvgIpc) is 2.83. The third-order valence-corrected chi connectivity index (χ3v) is 4.49. The number of hydrogen-bond acceptors (Lipinski definition) is 3. The standard InChI is InChI=1S/C14H17ClFN3S/c1-3-19-14(10(15)8-18-19)12(17-2)9-20-13-7-5-4-6-11(13)16/h4-8,12,17H,3,9H2,1-2H3. The number of halogens is 2. The second kappa shape index (κ2) is 7.11. The Morgan fingerprint density at radius 2 is 2.20 bits per heavy atom. The molecular formula is C14H17ClFN3S. The van der Waals surface area contributed by atoms with E-state index in [0.717, 1.165) is 12.2 Å².